The van der Waals surface area contributed by atoms with Gasteiger partial charge in [-0.2, -0.15) is 0 Å². The van der Waals surface area contributed by atoms with Crippen molar-refractivity contribution in [2.75, 3.05) is 19.7 Å². The van der Waals surface area contributed by atoms with Crippen LogP contribution in [0.25, 0.3) is 11.3 Å². The molecule has 1 fully saturated rings. The minimum Gasteiger partial charge on any atom is -0.369 e. The van der Waals surface area contributed by atoms with Gasteiger partial charge in [-0.25, -0.2) is 15.0 Å². The highest BCUT2D eigenvalue weighted by atomic mass is 16.5. The van der Waals surface area contributed by atoms with Crippen molar-refractivity contribution in [3.8, 4) is 11.3 Å². The van der Waals surface area contributed by atoms with Crippen molar-refractivity contribution in [3.63, 3.8) is 0 Å². The molecule has 0 aliphatic carbocycles. The Labute approximate surface area is 105 Å². The second-order valence-electron chi connectivity index (χ2n) is 4.14. The summed E-state index contributed by atoms with van der Waals surface area (Å²) in [6.45, 7) is 2.44. The van der Waals surface area contributed by atoms with Crippen LogP contribution in [-0.4, -0.2) is 34.6 Å². The van der Waals surface area contributed by atoms with E-state index in [1.165, 1.54) is 6.33 Å². The molecular formula is C13H14N4O. The Morgan fingerprint density at radius 2 is 2.11 bits per heavy atom. The lowest BCUT2D eigenvalue weighted by Crippen LogP contribution is -2.33. The summed E-state index contributed by atoms with van der Waals surface area (Å²) in [5, 5.41) is 3.30. The molecule has 1 unspecified atom stereocenters. The van der Waals surface area contributed by atoms with E-state index in [1.54, 1.807) is 12.4 Å². The molecule has 0 saturated carbocycles. The zero-order valence-electron chi connectivity index (χ0n) is 9.91. The van der Waals surface area contributed by atoms with Crippen LogP contribution < -0.4 is 5.32 Å². The average Bonchev–Trinajstić information content (AvgIpc) is 2.49. The molecule has 5 nitrogen and oxygen atoms in total. The van der Waals surface area contributed by atoms with E-state index in [0.29, 0.717) is 0 Å². The third kappa shape index (κ3) is 2.37. The van der Waals surface area contributed by atoms with Crippen molar-refractivity contribution in [2.24, 2.45) is 0 Å². The maximum atomic E-state index is 5.70. The van der Waals surface area contributed by atoms with Gasteiger partial charge in [0.2, 0.25) is 0 Å². The smallest absolute Gasteiger partial charge is 0.115 e. The summed E-state index contributed by atoms with van der Waals surface area (Å²) in [6.07, 6.45) is 5.07. The molecule has 1 atom stereocenters. The third-order valence-electron chi connectivity index (χ3n) is 2.88. The van der Waals surface area contributed by atoms with Crippen LogP contribution >= 0.6 is 0 Å². The molecule has 0 amide bonds. The van der Waals surface area contributed by atoms with Crippen LogP contribution in [0.2, 0.25) is 0 Å². The molecule has 3 heterocycles. The minimum absolute atomic E-state index is 0.0309. The van der Waals surface area contributed by atoms with Gasteiger partial charge in [0.15, 0.2) is 0 Å². The lowest BCUT2D eigenvalue weighted by atomic mass is 10.1. The van der Waals surface area contributed by atoms with E-state index in [9.17, 15) is 0 Å². The number of pyridine rings is 1. The molecule has 18 heavy (non-hydrogen) atoms. The standard InChI is InChI=1S/C13H14N4O/c1-2-11(10-6-15-9-16-7-10)17-12(3-1)13-8-14-4-5-18-13/h1-3,6-7,9,13-14H,4-5,8H2. The summed E-state index contributed by atoms with van der Waals surface area (Å²) in [5.74, 6) is 0. The predicted octanol–water partition coefficient (Wildman–Crippen LogP) is 1.20. The molecular weight excluding hydrogens is 228 g/mol. The van der Waals surface area contributed by atoms with E-state index < -0.39 is 0 Å². The van der Waals surface area contributed by atoms with Gasteiger partial charge in [0.25, 0.3) is 0 Å². The van der Waals surface area contributed by atoms with Gasteiger partial charge in [0.05, 0.1) is 18.0 Å². The SMILES string of the molecule is c1cc(-c2cncnc2)nc(C2CNCCO2)c1. The van der Waals surface area contributed by atoms with E-state index in [1.807, 2.05) is 18.2 Å². The summed E-state index contributed by atoms with van der Waals surface area (Å²) in [7, 11) is 0. The third-order valence-corrected chi connectivity index (χ3v) is 2.88. The second kappa shape index (κ2) is 5.20. The number of aromatic nitrogens is 3. The van der Waals surface area contributed by atoms with Gasteiger partial charge < -0.3 is 10.1 Å². The first-order valence-electron chi connectivity index (χ1n) is 5.98. The highest BCUT2D eigenvalue weighted by Gasteiger charge is 2.17. The Morgan fingerprint density at radius 1 is 1.22 bits per heavy atom. The molecule has 5 heteroatoms. The first kappa shape index (κ1) is 11.3. The summed E-state index contributed by atoms with van der Waals surface area (Å²) in [4.78, 5) is 12.6. The number of nitrogens with one attached hydrogen (secondary N) is 1. The fourth-order valence-electron chi connectivity index (χ4n) is 1.98. The fourth-order valence-corrected chi connectivity index (χ4v) is 1.98. The van der Waals surface area contributed by atoms with E-state index >= 15 is 0 Å². The van der Waals surface area contributed by atoms with Gasteiger partial charge in [-0.05, 0) is 12.1 Å². The van der Waals surface area contributed by atoms with Crippen molar-refractivity contribution in [1.82, 2.24) is 20.3 Å². The highest BCUT2D eigenvalue weighted by molar-refractivity contribution is 5.56. The first-order valence-corrected chi connectivity index (χ1v) is 5.98. The Morgan fingerprint density at radius 3 is 2.89 bits per heavy atom. The maximum Gasteiger partial charge on any atom is 0.115 e. The molecule has 2 aromatic rings. The average molecular weight is 242 g/mol. The summed E-state index contributed by atoms with van der Waals surface area (Å²) >= 11 is 0. The van der Waals surface area contributed by atoms with E-state index in [2.05, 4.69) is 20.3 Å². The molecule has 92 valence electrons. The molecule has 0 radical (unpaired) electrons. The molecule has 1 aliphatic heterocycles. The zero-order valence-corrected chi connectivity index (χ0v) is 9.91. The Kier molecular flexibility index (Phi) is 3.25. The lowest BCUT2D eigenvalue weighted by molar-refractivity contribution is 0.0251. The van der Waals surface area contributed by atoms with Crippen LogP contribution in [0.4, 0.5) is 0 Å². The Hall–Kier alpha value is -1.85. The van der Waals surface area contributed by atoms with Crippen molar-refractivity contribution >= 4 is 0 Å². The van der Waals surface area contributed by atoms with Gasteiger partial charge in [0, 0.05) is 31.0 Å². The molecule has 3 rings (SSSR count). The van der Waals surface area contributed by atoms with Crippen molar-refractivity contribution in [1.29, 1.82) is 0 Å². The first-order chi connectivity index (χ1) is 8.93. The van der Waals surface area contributed by atoms with Crippen LogP contribution in [-0.2, 0) is 4.74 Å². The lowest BCUT2D eigenvalue weighted by Gasteiger charge is -2.23. The summed E-state index contributed by atoms with van der Waals surface area (Å²) in [5.41, 5.74) is 2.74. The van der Waals surface area contributed by atoms with E-state index in [4.69, 9.17) is 4.74 Å². The quantitative estimate of drug-likeness (QED) is 0.857. The molecule has 1 aliphatic rings. The Balaban J connectivity index is 1.89. The van der Waals surface area contributed by atoms with Crippen LogP contribution in [0.5, 0.6) is 0 Å². The second-order valence-corrected chi connectivity index (χ2v) is 4.14. The summed E-state index contributed by atoms with van der Waals surface area (Å²) in [6, 6.07) is 5.94. The molecule has 1 N–H and O–H groups in total. The number of hydrogen-bond donors (Lipinski definition) is 1. The van der Waals surface area contributed by atoms with Crippen molar-refractivity contribution in [2.45, 2.75) is 6.10 Å². The van der Waals surface area contributed by atoms with E-state index in [-0.39, 0.29) is 6.10 Å². The normalized spacial score (nSPS) is 19.7. The van der Waals surface area contributed by atoms with Crippen molar-refractivity contribution < 1.29 is 4.74 Å². The fraction of sp³-hybridized carbons (Fsp3) is 0.308. The largest absolute Gasteiger partial charge is 0.369 e. The number of hydrogen-bond acceptors (Lipinski definition) is 5. The molecule has 0 spiro atoms. The van der Waals surface area contributed by atoms with Crippen molar-refractivity contribution in [3.05, 3.63) is 42.6 Å². The zero-order chi connectivity index (χ0) is 12.2. The van der Waals surface area contributed by atoms with Crippen LogP contribution in [0.1, 0.15) is 11.8 Å². The number of ether oxygens (including phenoxy) is 1. The number of rotatable bonds is 2. The van der Waals surface area contributed by atoms with Gasteiger partial charge in [-0.1, -0.05) is 6.07 Å². The van der Waals surface area contributed by atoms with Crippen LogP contribution in [0, 0.1) is 0 Å². The van der Waals surface area contributed by atoms with Gasteiger partial charge >= 0.3 is 0 Å². The van der Waals surface area contributed by atoms with Crippen LogP contribution in [0.15, 0.2) is 36.9 Å². The maximum absolute atomic E-state index is 5.70. The number of nitrogens with zero attached hydrogens (tertiary/aromatic N) is 3. The van der Waals surface area contributed by atoms with Gasteiger partial charge in [0.1, 0.15) is 12.4 Å². The Bertz CT molecular complexity index is 511. The molecule has 1 saturated heterocycles. The minimum atomic E-state index is 0.0309. The highest BCUT2D eigenvalue weighted by Crippen LogP contribution is 2.20. The summed E-state index contributed by atoms with van der Waals surface area (Å²) < 4.78 is 5.70. The molecule has 0 aromatic carbocycles. The van der Waals surface area contributed by atoms with Crippen LogP contribution in [0.3, 0.4) is 0 Å². The van der Waals surface area contributed by atoms with E-state index in [0.717, 1.165) is 36.6 Å². The molecule has 2 aromatic heterocycles. The monoisotopic (exact) mass is 242 g/mol. The van der Waals surface area contributed by atoms with Gasteiger partial charge in [-0.3, -0.25) is 0 Å². The topological polar surface area (TPSA) is 59.9 Å². The number of morpholine rings is 1. The molecule has 0 bridgehead atoms. The van der Waals surface area contributed by atoms with Gasteiger partial charge in [-0.15, -0.1) is 0 Å². The predicted molar refractivity (Wildman–Crippen MR) is 66.8 cm³/mol.